The molecule has 0 aromatic carbocycles. The lowest BCUT2D eigenvalue weighted by molar-refractivity contribution is 0.0448. The SMILES string of the molecule is Cc1sc(C(O)C2CCOC2C)cc1Br. The van der Waals surface area contributed by atoms with Gasteiger partial charge in [0.25, 0.3) is 0 Å². The number of hydrogen-bond donors (Lipinski definition) is 1. The van der Waals surface area contributed by atoms with Crippen LogP contribution in [-0.4, -0.2) is 17.8 Å². The highest BCUT2D eigenvalue weighted by Crippen LogP contribution is 2.38. The van der Waals surface area contributed by atoms with Gasteiger partial charge in [0.05, 0.1) is 12.2 Å². The van der Waals surface area contributed by atoms with Crippen molar-refractivity contribution in [3.05, 3.63) is 20.3 Å². The Morgan fingerprint density at radius 3 is 2.87 bits per heavy atom. The third-order valence-corrected chi connectivity index (χ3v) is 5.22. The van der Waals surface area contributed by atoms with Crippen LogP contribution in [0.25, 0.3) is 0 Å². The zero-order valence-electron chi connectivity index (χ0n) is 8.87. The highest BCUT2D eigenvalue weighted by molar-refractivity contribution is 9.10. The van der Waals surface area contributed by atoms with Crippen molar-refractivity contribution in [3.8, 4) is 0 Å². The third-order valence-electron chi connectivity index (χ3n) is 3.01. The van der Waals surface area contributed by atoms with Crippen LogP contribution in [0.1, 0.15) is 29.2 Å². The normalized spacial score (nSPS) is 28.3. The molecule has 4 heteroatoms. The van der Waals surface area contributed by atoms with Crippen molar-refractivity contribution < 1.29 is 9.84 Å². The van der Waals surface area contributed by atoms with E-state index in [9.17, 15) is 5.11 Å². The fourth-order valence-corrected chi connectivity index (χ4v) is 3.62. The van der Waals surface area contributed by atoms with Crippen molar-refractivity contribution in [2.45, 2.75) is 32.5 Å². The largest absolute Gasteiger partial charge is 0.387 e. The standard InChI is InChI=1S/C11H15BrO2S/c1-6-8(3-4-14-6)11(13)10-5-9(12)7(2)15-10/h5-6,8,11,13H,3-4H2,1-2H3. The average molecular weight is 291 g/mol. The number of hydrogen-bond acceptors (Lipinski definition) is 3. The van der Waals surface area contributed by atoms with Crippen molar-refractivity contribution in [3.63, 3.8) is 0 Å². The Morgan fingerprint density at radius 1 is 1.67 bits per heavy atom. The molecule has 0 saturated carbocycles. The minimum Gasteiger partial charge on any atom is -0.387 e. The van der Waals surface area contributed by atoms with Gasteiger partial charge in [0.1, 0.15) is 0 Å². The van der Waals surface area contributed by atoms with E-state index in [0.717, 1.165) is 22.4 Å². The van der Waals surface area contributed by atoms with Gasteiger partial charge in [-0.3, -0.25) is 0 Å². The van der Waals surface area contributed by atoms with E-state index in [0.29, 0.717) is 0 Å². The second-order valence-electron chi connectivity index (χ2n) is 4.03. The first-order chi connectivity index (χ1) is 7.09. The van der Waals surface area contributed by atoms with Crippen LogP contribution in [0.15, 0.2) is 10.5 Å². The van der Waals surface area contributed by atoms with Crippen LogP contribution in [0, 0.1) is 12.8 Å². The van der Waals surface area contributed by atoms with E-state index in [2.05, 4.69) is 22.9 Å². The lowest BCUT2D eigenvalue weighted by atomic mass is 9.95. The van der Waals surface area contributed by atoms with E-state index in [1.165, 1.54) is 4.88 Å². The van der Waals surface area contributed by atoms with E-state index in [1.807, 2.05) is 13.0 Å². The van der Waals surface area contributed by atoms with Gasteiger partial charge in [-0.05, 0) is 42.3 Å². The monoisotopic (exact) mass is 290 g/mol. The van der Waals surface area contributed by atoms with Crippen molar-refractivity contribution in [2.24, 2.45) is 5.92 Å². The molecule has 1 fully saturated rings. The molecule has 2 heterocycles. The van der Waals surface area contributed by atoms with Gasteiger partial charge in [0.2, 0.25) is 0 Å². The van der Waals surface area contributed by atoms with Crippen LogP contribution in [-0.2, 0) is 4.74 Å². The maximum atomic E-state index is 10.2. The summed E-state index contributed by atoms with van der Waals surface area (Å²) in [4.78, 5) is 2.26. The topological polar surface area (TPSA) is 29.5 Å². The molecule has 15 heavy (non-hydrogen) atoms. The van der Waals surface area contributed by atoms with E-state index < -0.39 is 0 Å². The second-order valence-corrected chi connectivity index (χ2v) is 6.17. The summed E-state index contributed by atoms with van der Waals surface area (Å²) in [6.45, 7) is 4.87. The van der Waals surface area contributed by atoms with Crippen molar-refractivity contribution in [2.75, 3.05) is 6.61 Å². The van der Waals surface area contributed by atoms with Gasteiger partial charge in [-0.1, -0.05) is 0 Å². The van der Waals surface area contributed by atoms with E-state index in [1.54, 1.807) is 11.3 Å². The number of aliphatic hydroxyl groups is 1. The lowest BCUT2D eigenvalue weighted by Crippen LogP contribution is -2.18. The first-order valence-corrected chi connectivity index (χ1v) is 6.76. The summed E-state index contributed by atoms with van der Waals surface area (Å²) in [6.07, 6.45) is 0.746. The molecule has 1 saturated heterocycles. The Morgan fingerprint density at radius 2 is 2.40 bits per heavy atom. The molecule has 1 aromatic heterocycles. The maximum Gasteiger partial charge on any atom is 0.0936 e. The molecule has 3 atom stereocenters. The number of thiophene rings is 1. The third kappa shape index (κ3) is 2.28. The van der Waals surface area contributed by atoms with Crippen molar-refractivity contribution in [1.29, 1.82) is 0 Å². The summed E-state index contributed by atoms with van der Waals surface area (Å²) in [6, 6.07) is 2.02. The molecule has 1 aliphatic rings. The minimum absolute atomic E-state index is 0.168. The van der Waals surface area contributed by atoms with E-state index in [-0.39, 0.29) is 18.1 Å². The Kier molecular flexibility index (Phi) is 3.50. The Balaban J connectivity index is 2.16. The number of halogens is 1. The summed E-state index contributed by atoms with van der Waals surface area (Å²) in [5.41, 5.74) is 0. The van der Waals surface area contributed by atoms with Crippen molar-refractivity contribution in [1.82, 2.24) is 0 Å². The van der Waals surface area contributed by atoms with Gasteiger partial charge in [0.15, 0.2) is 0 Å². The highest BCUT2D eigenvalue weighted by atomic mass is 79.9. The van der Waals surface area contributed by atoms with Crippen LogP contribution in [0.4, 0.5) is 0 Å². The quantitative estimate of drug-likeness (QED) is 0.906. The Hall–Kier alpha value is 0.100. The van der Waals surface area contributed by atoms with Gasteiger partial charge in [-0.15, -0.1) is 11.3 Å². The smallest absolute Gasteiger partial charge is 0.0936 e. The van der Waals surface area contributed by atoms with Crippen LogP contribution in [0.2, 0.25) is 0 Å². The second kappa shape index (κ2) is 4.53. The molecule has 0 radical (unpaired) electrons. The lowest BCUT2D eigenvalue weighted by Gasteiger charge is -2.19. The Bertz CT molecular complexity index is 331. The van der Waals surface area contributed by atoms with Gasteiger partial charge >= 0.3 is 0 Å². The summed E-state index contributed by atoms with van der Waals surface area (Å²) in [5.74, 6) is 0.245. The van der Waals surface area contributed by atoms with Crippen LogP contribution >= 0.6 is 27.3 Å². The van der Waals surface area contributed by atoms with Gasteiger partial charge in [-0.25, -0.2) is 0 Å². The summed E-state index contributed by atoms with van der Waals surface area (Å²) in [7, 11) is 0. The minimum atomic E-state index is -0.377. The van der Waals surface area contributed by atoms with Crippen molar-refractivity contribution >= 4 is 27.3 Å². The van der Waals surface area contributed by atoms with Crippen LogP contribution in [0.5, 0.6) is 0 Å². The van der Waals surface area contributed by atoms with Gasteiger partial charge in [0, 0.05) is 26.8 Å². The average Bonchev–Trinajstić information content (AvgIpc) is 2.74. The molecule has 84 valence electrons. The number of aryl methyl sites for hydroxylation is 1. The zero-order chi connectivity index (χ0) is 11.0. The fraction of sp³-hybridized carbons (Fsp3) is 0.636. The molecule has 2 rings (SSSR count). The molecule has 0 aliphatic carbocycles. The molecule has 1 aliphatic heterocycles. The molecule has 3 unspecified atom stereocenters. The molecule has 0 bridgehead atoms. The van der Waals surface area contributed by atoms with Gasteiger partial charge in [-0.2, -0.15) is 0 Å². The van der Waals surface area contributed by atoms with Gasteiger partial charge < -0.3 is 9.84 Å². The molecule has 1 aromatic rings. The fourth-order valence-electron chi connectivity index (χ4n) is 2.00. The predicted molar refractivity (Wildman–Crippen MR) is 65.2 cm³/mol. The summed E-state index contributed by atoms with van der Waals surface area (Å²) in [5, 5.41) is 10.2. The number of ether oxygens (including phenoxy) is 1. The summed E-state index contributed by atoms with van der Waals surface area (Å²) >= 11 is 5.14. The van der Waals surface area contributed by atoms with E-state index >= 15 is 0 Å². The molecular formula is C11H15BrO2S. The van der Waals surface area contributed by atoms with Crippen LogP contribution < -0.4 is 0 Å². The van der Waals surface area contributed by atoms with E-state index in [4.69, 9.17) is 4.74 Å². The highest BCUT2D eigenvalue weighted by Gasteiger charge is 2.32. The molecule has 0 spiro atoms. The first kappa shape index (κ1) is 11.6. The zero-order valence-corrected chi connectivity index (χ0v) is 11.3. The molecule has 0 amide bonds. The molecule has 1 N–H and O–H groups in total. The summed E-state index contributed by atoms with van der Waals surface area (Å²) < 4.78 is 6.57. The van der Waals surface area contributed by atoms with Crippen LogP contribution in [0.3, 0.4) is 0 Å². The molecular weight excluding hydrogens is 276 g/mol. The Labute approximate surface area is 102 Å². The molecule has 2 nitrogen and oxygen atoms in total. The number of rotatable bonds is 2. The maximum absolute atomic E-state index is 10.2. The first-order valence-electron chi connectivity index (χ1n) is 5.15. The number of aliphatic hydroxyl groups excluding tert-OH is 1. The predicted octanol–water partition coefficient (Wildman–Crippen LogP) is 3.28.